The molecule has 1 aromatic rings. The zero-order valence-corrected chi connectivity index (χ0v) is 18.5. The number of hydrogen-bond acceptors (Lipinski definition) is 3. The van der Waals surface area contributed by atoms with Crippen LogP contribution in [-0.2, 0) is 4.74 Å². The Morgan fingerprint density at radius 1 is 1.07 bits per heavy atom. The van der Waals surface area contributed by atoms with Gasteiger partial charge in [-0.3, -0.25) is 0 Å². The Labute approximate surface area is 174 Å². The van der Waals surface area contributed by atoms with Gasteiger partial charge in [0.1, 0.15) is 0 Å². The molecule has 1 N–H and O–H groups in total. The number of carbonyl (C=O) groups excluding carboxylic acids is 1. The molecule has 2 amide bonds. The minimum Gasteiger partial charge on any atom is -0.370 e. The molecule has 0 bridgehead atoms. The van der Waals surface area contributed by atoms with Crippen LogP contribution in [0.5, 0.6) is 0 Å². The van der Waals surface area contributed by atoms with Gasteiger partial charge in [-0.25, -0.2) is 9.80 Å². The molecule has 29 heavy (non-hydrogen) atoms. The van der Waals surface area contributed by atoms with Gasteiger partial charge in [0.05, 0.1) is 28.6 Å². The van der Waals surface area contributed by atoms with E-state index in [1.807, 2.05) is 0 Å². The van der Waals surface area contributed by atoms with E-state index >= 15 is 0 Å². The average molecular weight is 398 g/mol. The molecule has 2 heterocycles. The van der Waals surface area contributed by atoms with Gasteiger partial charge in [-0.15, -0.1) is 0 Å². The number of nitrogens with zero attached hydrogens (tertiary/aromatic N) is 2. The van der Waals surface area contributed by atoms with E-state index in [1.54, 1.807) is 5.01 Å². The van der Waals surface area contributed by atoms with Crippen LogP contribution < -0.4 is 5.32 Å². The Hall–Kier alpha value is -1.88. The van der Waals surface area contributed by atoms with E-state index < -0.39 is 0 Å². The van der Waals surface area contributed by atoms with Crippen LogP contribution in [0.4, 0.5) is 10.5 Å². The van der Waals surface area contributed by atoms with Crippen LogP contribution in [0.15, 0.2) is 23.3 Å². The molecule has 5 nitrogen and oxygen atoms in total. The highest BCUT2D eigenvalue weighted by atomic mass is 16.5. The van der Waals surface area contributed by atoms with Crippen molar-refractivity contribution in [2.24, 2.45) is 11.0 Å². The quantitative estimate of drug-likeness (QED) is 0.679. The molecule has 1 aromatic carbocycles. The summed E-state index contributed by atoms with van der Waals surface area (Å²) >= 11 is 0. The summed E-state index contributed by atoms with van der Waals surface area (Å²) in [5.74, 6) is 0.418. The molecule has 1 aliphatic carbocycles. The number of urea groups is 1. The molecule has 158 valence electrons. The van der Waals surface area contributed by atoms with Crippen molar-refractivity contribution in [2.45, 2.75) is 96.8 Å². The number of aryl methyl sites for hydroxylation is 1. The van der Waals surface area contributed by atoms with Crippen molar-refractivity contribution < 1.29 is 9.53 Å². The predicted octanol–water partition coefficient (Wildman–Crippen LogP) is 5.86. The molecule has 3 aliphatic rings. The predicted molar refractivity (Wildman–Crippen MR) is 117 cm³/mol. The average Bonchev–Trinajstić information content (AvgIpc) is 2.75. The van der Waals surface area contributed by atoms with Crippen molar-refractivity contribution in [1.82, 2.24) is 5.01 Å². The Morgan fingerprint density at radius 2 is 1.72 bits per heavy atom. The Bertz CT molecular complexity index is 805. The van der Waals surface area contributed by atoms with Crippen molar-refractivity contribution >= 4 is 17.4 Å². The molecule has 0 spiro atoms. The number of carbonyl (C=O) groups is 1. The van der Waals surface area contributed by atoms with Gasteiger partial charge in [-0.1, -0.05) is 31.4 Å². The lowest BCUT2D eigenvalue weighted by atomic mass is 9.82. The lowest BCUT2D eigenvalue weighted by Crippen LogP contribution is -2.53. The van der Waals surface area contributed by atoms with Crippen molar-refractivity contribution in [3.05, 3.63) is 29.3 Å². The lowest BCUT2D eigenvalue weighted by molar-refractivity contribution is -0.172. The number of fused-ring (bicyclic) bond motifs is 1. The highest BCUT2D eigenvalue weighted by Crippen LogP contribution is 2.39. The van der Waals surface area contributed by atoms with Gasteiger partial charge < -0.3 is 10.1 Å². The summed E-state index contributed by atoms with van der Waals surface area (Å²) in [6.07, 6.45) is 7.64. The fraction of sp³-hybridized carbons (Fsp3) is 0.667. The van der Waals surface area contributed by atoms with Gasteiger partial charge in [0, 0.05) is 11.5 Å². The molecule has 0 atom stereocenters. The molecule has 0 radical (unpaired) electrons. The first-order valence-corrected chi connectivity index (χ1v) is 11.1. The number of nitrogens with one attached hydrogen (secondary N) is 1. The highest BCUT2D eigenvalue weighted by Gasteiger charge is 2.44. The highest BCUT2D eigenvalue weighted by molar-refractivity contribution is 6.11. The molecule has 0 aromatic heterocycles. The van der Waals surface area contributed by atoms with Crippen LogP contribution in [0.25, 0.3) is 0 Å². The molecule has 2 aliphatic heterocycles. The topological polar surface area (TPSA) is 53.9 Å². The number of ether oxygens (including phenoxy) is 1. The summed E-state index contributed by atoms with van der Waals surface area (Å²) < 4.78 is 6.26. The van der Waals surface area contributed by atoms with E-state index in [4.69, 9.17) is 9.84 Å². The summed E-state index contributed by atoms with van der Waals surface area (Å²) in [4.78, 5) is 13.3. The van der Waals surface area contributed by atoms with Gasteiger partial charge >= 0.3 is 6.03 Å². The summed E-state index contributed by atoms with van der Waals surface area (Å²) in [5.41, 5.74) is 3.64. The van der Waals surface area contributed by atoms with E-state index in [0.29, 0.717) is 5.92 Å². The summed E-state index contributed by atoms with van der Waals surface area (Å²) in [5, 5.41) is 10.00. The Kier molecular flexibility index (Phi) is 5.22. The van der Waals surface area contributed by atoms with Crippen LogP contribution in [0.2, 0.25) is 0 Å². The molecule has 1 saturated carbocycles. The summed E-state index contributed by atoms with van der Waals surface area (Å²) in [7, 11) is 0. The van der Waals surface area contributed by atoms with Crippen LogP contribution >= 0.6 is 0 Å². The molecule has 2 fully saturated rings. The first-order chi connectivity index (χ1) is 13.6. The fourth-order valence-corrected chi connectivity index (χ4v) is 5.51. The summed E-state index contributed by atoms with van der Waals surface area (Å²) in [6.45, 7) is 10.5. The molecule has 5 heteroatoms. The second-order valence-corrected chi connectivity index (χ2v) is 10.3. The minimum absolute atomic E-state index is 0.0164. The maximum Gasteiger partial charge on any atom is 0.342 e. The van der Waals surface area contributed by atoms with E-state index in [0.717, 1.165) is 48.2 Å². The first-order valence-electron chi connectivity index (χ1n) is 11.1. The standard InChI is InChI=1S/C24H35N3O2/c1-16-11-12-19-20(13-16)25-22(28)27(26-21(19)17-9-7-6-8-10-17)18-14-23(2,3)29-24(4,5)15-18/h11-13,17-18H,6-10,14-15H2,1-5H3,(H,25,28). The van der Waals surface area contributed by atoms with Crippen molar-refractivity contribution in [2.75, 3.05) is 5.32 Å². The zero-order chi connectivity index (χ0) is 20.8. The van der Waals surface area contributed by atoms with Gasteiger partial charge in [0.15, 0.2) is 0 Å². The molecular weight excluding hydrogens is 362 g/mol. The third-order valence-corrected chi connectivity index (χ3v) is 6.46. The van der Waals surface area contributed by atoms with Gasteiger partial charge in [-0.05, 0) is 71.9 Å². The van der Waals surface area contributed by atoms with Crippen LogP contribution in [0.1, 0.15) is 83.8 Å². The number of amides is 2. The van der Waals surface area contributed by atoms with E-state index in [-0.39, 0.29) is 23.3 Å². The Morgan fingerprint density at radius 3 is 2.38 bits per heavy atom. The molecule has 1 saturated heterocycles. The summed E-state index contributed by atoms with van der Waals surface area (Å²) in [6, 6.07) is 6.23. The third-order valence-electron chi connectivity index (χ3n) is 6.46. The number of rotatable bonds is 2. The van der Waals surface area contributed by atoms with E-state index in [9.17, 15) is 4.79 Å². The molecule has 4 rings (SSSR count). The van der Waals surface area contributed by atoms with E-state index in [2.05, 4.69) is 58.1 Å². The maximum atomic E-state index is 13.3. The fourth-order valence-electron chi connectivity index (χ4n) is 5.51. The second kappa shape index (κ2) is 7.42. The molecular formula is C24H35N3O2. The van der Waals surface area contributed by atoms with Gasteiger partial charge in [0.25, 0.3) is 0 Å². The zero-order valence-electron chi connectivity index (χ0n) is 18.5. The van der Waals surface area contributed by atoms with Gasteiger partial charge in [-0.2, -0.15) is 5.10 Å². The number of hydrogen-bond donors (Lipinski definition) is 1. The number of anilines is 1. The Balaban J connectivity index is 1.75. The smallest absolute Gasteiger partial charge is 0.342 e. The second-order valence-electron chi connectivity index (χ2n) is 10.3. The third kappa shape index (κ3) is 4.35. The van der Waals surface area contributed by atoms with E-state index in [1.165, 1.54) is 19.3 Å². The SMILES string of the molecule is Cc1ccc2c(c1)NC(=O)N(C1CC(C)(C)OC(C)(C)C1)N=C2C1CCCCC1. The lowest BCUT2D eigenvalue weighted by Gasteiger charge is -2.47. The first kappa shape index (κ1) is 20.4. The largest absolute Gasteiger partial charge is 0.370 e. The number of hydrazone groups is 1. The number of benzene rings is 1. The van der Waals surface area contributed by atoms with Crippen LogP contribution in [0, 0.1) is 12.8 Å². The van der Waals surface area contributed by atoms with Crippen molar-refractivity contribution in [1.29, 1.82) is 0 Å². The monoisotopic (exact) mass is 397 g/mol. The molecule has 0 unspecified atom stereocenters. The van der Waals surface area contributed by atoms with Crippen LogP contribution in [0.3, 0.4) is 0 Å². The van der Waals surface area contributed by atoms with Crippen molar-refractivity contribution in [3.8, 4) is 0 Å². The van der Waals surface area contributed by atoms with Gasteiger partial charge in [0.2, 0.25) is 0 Å². The maximum absolute atomic E-state index is 13.3. The van der Waals surface area contributed by atoms with Crippen molar-refractivity contribution in [3.63, 3.8) is 0 Å². The minimum atomic E-state index is -0.289. The normalized spacial score (nSPS) is 25.1. The van der Waals surface area contributed by atoms with Crippen LogP contribution in [-0.4, -0.2) is 34.0 Å².